The summed E-state index contributed by atoms with van der Waals surface area (Å²) in [6.45, 7) is 3.23. The molecule has 1 saturated heterocycles. The van der Waals surface area contributed by atoms with E-state index in [4.69, 9.17) is 4.74 Å². The quantitative estimate of drug-likeness (QED) is 0.788. The highest BCUT2D eigenvalue weighted by Crippen LogP contribution is 2.32. The van der Waals surface area contributed by atoms with Crippen LogP contribution in [0.3, 0.4) is 0 Å². The van der Waals surface area contributed by atoms with Crippen LogP contribution < -0.4 is 10.1 Å². The molecule has 2 rings (SSSR count). The van der Waals surface area contributed by atoms with Crippen LogP contribution in [0.1, 0.15) is 38.3 Å². The van der Waals surface area contributed by atoms with Gasteiger partial charge in [-0.2, -0.15) is 13.2 Å². The molecule has 2 unspecified atom stereocenters. The maximum absolute atomic E-state index is 12.5. The van der Waals surface area contributed by atoms with Gasteiger partial charge in [0.2, 0.25) is 0 Å². The highest BCUT2D eigenvalue weighted by atomic mass is 19.4. The fourth-order valence-corrected chi connectivity index (χ4v) is 3.00. The minimum absolute atomic E-state index is 0.0472. The lowest BCUT2D eigenvalue weighted by Gasteiger charge is -2.27. The maximum atomic E-state index is 12.5. The lowest BCUT2D eigenvalue weighted by molar-refractivity contribution is -0.174. The number of carbonyl (C=O) groups is 1. The van der Waals surface area contributed by atoms with Crippen molar-refractivity contribution < 1.29 is 27.4 Å². The Labute approximate surface area is 151 Å². The van der Waals surface area contributed by atoms with Crippen molar-refractivity contribution in [2.75, 3.05) is 26.4 Å². The Morgan fingerprint density at radius 1 is 1.35 bits per heavy atom. The van der Waals surface area contributed by atoms with E-state index in [2.05, 4.69) is 10.1 Å². The Morgan fingerprint density at radius 2 is 2.04 bits per heavy atom. The molecular weight excluding hydrogens is 349 g/mol. The third kappa shape index (κ3) is 6.09. The van der Waals surface area contributed by atoms with Crippen LogP contribution in [0, 0.1) is 0 Å². The summed E-state index contributed by atoms with van der Waals surface area (Å²) in [5, 5.41) is 2.71. The molecule has 1 aliphatic heterocycles. The number of ether oxygens (including phenoxy) is 2. The molecule has 0 aliphatic carbocycles. The van der Waals surface area contributed by atoms with Gasteiger partial charge in [-0.3, -0.25) is 0 Å². The van der Waals surface area contributed by atoms with Gasteiger partial charge in [-0.15, -0.1) is 0 Å². The summed E-state index contributed by atoms with van der Waals surface area (Å²) in [6.07, 6.45) is -2.64. The molecule has 0 aromatic heterocycles. The van der Waals surface area contributed by atoms with Gasteiger partial charge in [-0.25, -0.2) is 4.79 Å². The van der Waals surface area contributed by atoms with E-state index in [-0.39, 0.29) is 18.7 Å². The molecule has 0 radical (unpaired) electrons. The second kappa shape index (κ2) is 9.12. The number of benzene rings is 1. The number of halogens is 3. The number of hydrogen-bond acceptors (Lipinski definition) is 3. The van der Waals surface area contributed by atoms with Crippen LogP contribution in [0.4, 0.5) is 18.0 Å². The molecule has 1 aromatic carbocycles. The number of carbonyl (C=O) groups excluding carboxylic acids is 1. The van der Waals surface area contributed by atoms with E-state index in [1.165, 1.54) is 0 Å². The van der Waals surface area contributed by atoms with Crippen LogP contribution in [-0.4, -0.2) is 49.5 Å². The van der Waals surface area contributed by atoms with Crippen molar-refractivity contribution in [2.24, 2.45) is 0 Å². The van der Waals surface area contributed by atoms with Crippen molar-refractivity contribution in [3.05, 3.63) is 29.8 Å². The second-order valence-corrected chi connectivity index (χ2v) is 6.33. The third-order valence-corrected chi connectivity index (χ3v) is 4.09. The van der Waals surface area contributed by atoms with E-state index in [0.717, 1.165) is 24.2 Å². The Morgan fingerprint density at radius 3 is 2.65 bits per heavy atom. The smallest absolute Gasteiger partial charge is 0.411 e. The van der Waals surface area contributed by atoms with E-state index in [1.807, 2.05) is 31.2 Å². The first-order valence-corrected chi connectivity index (χ1v) is 8.74. The van der Waals surface area contributed by atoms with Gasteiger partial charge in [0.1, 0.15) is 12.4 Å². The van der Waals surface area contributed by atoms with E-state index in [1.54, 1.807) is 11.8 Å². The summed E-state index contributed by atoms with van der Waals surface area (Å²) in [5.74, 6) is 0.778. The summed E-state index contributed by atoms with van der Waals surface area (Å²) in [6, 6.07) is 6.79. The Kier molecular flexibility index (Phi) is 7.14. The van der Waals surface area contributed by atoms with Crippen molar-refractivity contribution >= 4 is 6.03 Å². The van der Waals surface area contributed by atoms with Crippen LogP contribution in [-0.2, 0) is 4.74 Å². The second-order valence-electron chi connectivity index (χ2n) is 6.33. The normalized spacial score (nSPS) is 18.7. The highest BCUT2D eigenvalue weighted by molar-refractivity contribution is 5.75. The van der Waals surface area contributed by atoms with Gasteiger partial charge in [-0.05, 0) is 44.4 Å². The molecular formula is C18H25F3N2O3. The van der Waals surface area contributed by atoms with Crippen molar-refractivity contribution in [3.63, 3.8) is 0 Å². The summed E-state index contributed by atoms with van der Waals surface area (Å²) < 4.78 is 46.3. The lowest BCUT2D eigenvalue weighted by atomic mass is 10.0. The Balaban J connectivity index is 1.89. The molecule has 8 heteroatoms. The molecule has 26 heavy (non-hydrogen) atoms. The predicted octanol–water partition coefficient (Wildman–Crippen LogP) is 3.90. The fraction of sp³-hybridized carbons (Fsp3) is 0.611. The average Bonchev–Trinajstić information content (AvgIpc) is 3.04. The summed E-state index contributed by atoms with van der Waals surface area (Å²) in [4.78, 5) is 14.2. The Hall–Kier alpha value is -1.96. The molecule has 0 saturated carbocycles. The zero-order valence-electron chi connectivity index (χ0n) is 15.0. The van der Waals surface area contributed by atoms with Gasteiger partial charge in [0, 0.05) is 6.54 Å². The number of urea groups is 1. The zero-order chi connectivity index (χ0) is 19.2. The fourth-order valence-electron chi connectivity index (χ4n) is 3.00. The molecule has 1 N–H and O–H groups in total. The van der Waals surface area contributed by atoms with E-state index in [0.29, 0.717) is 13.2 Å². The van der Waals surface area contributed by atoms with E-state index in [9.17, 15) is 18.0 Å². The van der Waals surface area contributed by atoms with Crippen molar-refractivity contribution in [2.45, 2.75) is 44.9 Å². The van der Waals surface area contributed by atoms with E-state index < -0.39 is 18.8 Å². The molecule has 1 heterocycles. The molecule has 5 nitrogen and oxygen atoms in total. The van der Waals surface area contributed by atoms with Crippen LogP contribution >= 0.6 is 0 Å². The van der Waals surface area contributed by atoms with Crippen LogP contribution in [0.15, 0.2) is 24.3 Å². The SMILES string of the molecule is CCOc1ccc(C2CCCN2C(=O)NC(C)COCC(F)(F)F)cc1. The van der Waals surface area contributed by atoms with Crippen LogP contribution in [0.25, 0.3) is 0 Å². The zero-order valence-corrected chi connectivity index (χ0v) is 15.0. The number of likely N-dealkylation sites (tertiary alicyclic amines) is 1. The first kappa shape index (κ1) is 20.4. The lowest BCUT2D eigenvalue weighted by Crippen LogP contribution is -2.45. The average molecular weight is 374 g/mol. The summed E-state index contributed by atoms with van der Waals surface area (Å²) >= 11 is 0. The predicted molar refractivity (Wildman–Crippen MR) is 91.2 cm³/mol. The summed E-state index contributed by atoms with van der Waals surface area (Å²) in [7, 11) is 0. The number of rotatable bonds is 7. The molecule has 1 aliphatic rings. The van der Waals surface area contributed by atoms with Gasteiger partial charge in [0.15, 0.2) is 0 Å². The minimum Gasteiger partial charge on any atom is -0.494 e. The number of hydrogen-bond donors (Lipinski definition) is 1. The van der Waals surface area contributed by atoms with Crippen LogP contribution in [0.5, 0.6) is 5.75 Å². The van der Waals surface area contributed by atoms with Crippen LogP contribution in [0.2, 0.25) is 0 Å². The molecule has 1 fully saturated rings. The topological polar surface area (TPSA) is 50.8 Å². The van der Waals surface area contributed by atoms with E-state index >= 15 is 0 Å². The summed E-state index contributed by atoms with van der Waals surface area (Å²) in [5.41, 5.74) is 1.02. The van der Waals surface area contributed by atoms with Gasteiger partial charge < -0.3 is 19.7 Å². The Bertz CT molecular complexity index is 578. The van der Waals surface area contributed by atoms with Crippen molar-refractivity contribution in [1.82, 2.24) is 10.2 Å². The third-order valence-electron chi connectivity index (χ3n) is 4.09. The molecule has 0 spiro atoms. The number of nitrogens with zero attached hydrogens (tertiary/aromatic N) is 1. The first-order chi connectivity index (χ1) is 12.3. The number of amides is 2. The van der Waals surface area contributed by atoms with Crippen molar-refractivity contribution in [3.8, 4) is 5.75 Å². The molecule has 1 aromatic rings. The molecule has 146 valence electrons. The molecule has 2 atom stereocenters. The first-order valence-electron chi connectivity index (χ1n) is 8.74. The minimum atomic E-state index is -4.36. The molecule has 2 amide bonds. The van der Waals surface area contributed by atoms with Crippen molar-refractivity contribution in [1.29, 1.82) is 0 Å². The number of alkyl halides is 3. The monoisotopic (exact) mass is 374 g/mol. The van der Waals surface area contributed by atoms with Gasteiger partial charge in [0.25, 0.3) is 0 Å². The number of nitrogens with one attached hydrogen (secondary N) is 1. The van der Waals surface area contributed by atoms with Gasteiger partial charge in [0.05, 0.1) is 25.3 Å². The molecule has 0 bridgehead atoms. The largest absolute Gasteiger partial charge is 0.494 e. The standard InChI is InChI=1S/C18H25F3N2O3/c1-3-26-15-8-6-14(7-9-15)16-5-4-10-23(16)17(24)22-13(2)11-25-12-18(19,20)21/h6-9,13,16H,3-5,10-12H2,1-2H3,(H,22,24). The maximum Gasteiger partial charge on any atom is 0.411 e. The highest BCUT2D eigenvalue weighted by Gasteiger charge is 2.31. The van der Waals surface area contributed by atoms with Gasteiger partial charge in [-0.1, -0.05) is 12.1 Å². The van der Waals surface area contributed by atoms with Gasteiger partial charge >= 0.3 is 12.2 Å².